The largest absolute Gasteiger partial charge is 0.579 e. The molecule has 1 aromatic rings. The maximum atomic E-state index is 11.3. The first-order chi connectivity index (χ1) is 7.11. The lowest BCUT2D eigenvalue weighted by Gasteiger charge is -2.02. The quantitative estimate of drug-likeness (QED) is 0.539. The van der Waals surface area contributed by atoms with Gasteiger partial charge in [0.15, 0.2) is 12.4 Å². The monoisotopic (exact) mass is 208 g/mol. The van der Waals surface area contributed by atoms with Gasteiger partial charge < -0.3 is 14.8 Å². The SMILES string of the molecule is O=C(OCC(=O)c1ccccc1)B(O)O. The number of ether oxygens (including phenoxy) is 1. The van der Waals surface area contributed by atoms with Gasteiger partial charge in [-0.05, 0) is 0 Å². The first kappa shape index (κ1) is 11.4. The molecule has 6 heteroatoms. The molecule has 0 bridgehead atoms. The van der Waals surface area contributed by atoms with Gasteiger partial charge in [-0.3, -0.25) is 9.59 Å². The van der Waals surface area contributed by atoms with Crippen LogP contribution in [-0.2, 0) is 4.74 Å². The highest BCUT2D eigenvalue weighted by atomic mass is 16.6. The second-order valence-electron chi connectivity index (χ2n) is 2.77. The van der Waals surface area contributed by atoms with Crippen molar-refractivity contribution in [3.05, 3.63) is 35.9 Å². The van der Waals surface area contributed by atoms with Gasteiger partial charge in [-0.15, -0.1) is 0 Å². The van der Waals surface area contributed by atoms with Crippen LogP contribution in [0.2, 0.25) is 0 Å². The second-order valence-corrected chi connectivity index (χ2v) is 2.77. The molecule has 0 radical (unpaired) electrons. The molecule has 1 aromatic carbocycles. The predicted molar refractivity (Wildman–Crippen MR) is 52.3 cm³/mol. The third-order valence-electron chi connectivity index (χ3n) is 1.65. The average molecular weight is 208 g/mol. The van der Waals surface area contributed by atoms with E-state index in [4.69, 9.17) is 10.0 Å². The van der Waals surface area contributed by atoms with E-state index in [1.54, 1.807) is 30.3 Å². The minimum absolute atomic E-state index is 0.399. The summed E-state index contributed by atoms with van der Waals surface area (Å²) in [4.78, 5) is 21.9. The van der Waals surface area contributed by atoms with Gasteiger partial charge in [0.2, 0.25) is 0 Å². The third kappa shape index (κ3) is 3.53. The lowest BCUT2D eigenvalue weighted by molar-refractivity contribution is 0.0867. The van der Waals surface area contributed by atoms with E-state index in [9.17, 15) is 9.59 Å². The predicted octanol–water partition coefficient (Wildman–Crippen LogP) is 0.0604. The third-order valence-corrected chi connectivity index (χ3v) is 1.65. The van der Waals surface area contributed by atoms with Gasteiger partial charge in [0.1, 0.15) is 0 Å². The summed E-state index contributed by atoms with van der Waals surface area (Å²) in [7, 11) is -2.20. The molecular formula is C9H9BO5. The number of hydrogen-bond acceptors (Lipinski definition) is 5. The van der Waals surface area contributed by atoms with Crippen LogP contribution < -0.4 is 0 Å². The Balaban J connectivity index is 2.48. The van der Waals surface area contributed by atoms with Crippen molar-refractivity contribution < 1.29 is 24.4 Å². The lowest BCUT2D eigenvalue weighted by atomic mass is 9.93. The number of Topliss-reactive ketones (excluding diaryl/α,β-unsaturated/α-hetero) is 1. The summed E-state index contributed by atoms with van der Waals surface area (Å²) in [5.41, 5.74) is 0.401. The van der Waals surface area contributed by atoms with Gasteiger partial charge in [-0.2, -0.15) is 0 Å². The van der Waals surface area contributed by atoms with Crippen LogP contribution in [0.5, 0.6) is 0 Å². The topological polar surface area (TPSA) is 83.8 Å². The Morgan fingerprint density at radius 1 is 1.20 bits per heavy atom. The normalized spacial score (nSPS) is 9.47. The summed E-state index contributed by atoms with van der Waals surface area (Å²) < 4.78 is 4.33. The van der Waals surface area contributed by atoms with E-state index in [-0.39, 0.29) is 0 Å². The van der Waals surface area contributed by atoms with Gasteiger partial charge >= 0.3 is 13.0 Å². The van der Waals surface area contributed by atoms with Crippen molar-refractivity contribution in [3.63, 3.8) is 0 Å². The molecule has 78 valence electrons. The fraction of sp³-hybridized carbons (Fsp3) is 0.111. The van der Waals surface area contributed by atoms with Crippen LogP contribution >= 0.6 is 0 Å². The smallest absolute Gasteiger partial charge is 0.460 e. The Hall–Kier alpha value is -1.66. The molecule has 0 spiro atoms. The summed E-state index contributed by atoms with van der Waals surface area (Å²) in [6, 6.07) is 8.25. The molecule has 0 unspecified atom stereocenters. The van der Waals surface area contributed by atoms with Crippen molar-refractivity contribution in [1.82, 2.24) is 0 Å². The molecule has 0 atom stereocenters. The van der Waals surface area contributed by atoms with Crippen LogP contribution in [-0.4, -0.2) is 35.4 Å². The second kappa shape index (κ2) is 5.28. The van der Waals surface area contributed by atoms with E-state index in [2.05, 4.69) is 4.74 Å². The Morgan fingerprint density at radius 2 is 1.80 bits per heavy atom. The number of hydrogen-bond donors (Lipinski definition) is 2. The maximum Gasteiger partial charge on any atom is 0.579 e. The van der Waals surface area contributed by atoms with Gasteiger partial charge in [0.05, 0.1) is 0 Å². The summed E-state index contributed by atoms with van der Waals surface area (Å²) in [5, 5.41) is 16.7. The van der Waals surface area contributed by atoms with Crippen LogP contribution in [0.1, 0.15) is 10.4 Å². The highest BCUT2D eigenvalue weighted by Crippen LogP contribution is 2.00. The minimum Gasteiger partial charge on any atom is -0.460 e. The average Bonchev–Trinajstić information content (AvgIpc) is 2.26. The van der Waals surface area contributed by atoms with Crippen LogP contribution in [0.25, 0.3) is 0 Å². The highest BCUT2D eigenvalue weighted by molar-refractivity contribution is 6.76. The molecule has 0 aliphatic heterocycles. The Bertz CT molecular complexity index is 349. The molecule has 0 aliphatic rings. The van der Waals surface area contributed by atoms with Crippen LogP contribution in [0, 0.1) is 0 Å². The van der Waals surface area contributed by atoms with E-state index >= 15 is 0 Å². The molecule has 0 aliphatic carbocycles. The van der Waals surface area contributed by atoms with Gasteiger partial charge in [0, 0.05) is 5.56 Å². The minimum atomic E-state index is -2.20. The lowest BCUT2D eigenvalue weighted by Crippen LogP contribution is -2.28. The fourth-order valence-corrected chi connectivity index (χ4v) is 0.919. The summed E-state index contributed by atoms with van der Waals surface area (Å²) in [5.74, 6) is -1.64. The van der Waals surface area contributed by atoms with Gasteiger partial charge in [-0.25, -0.2) is 0 Å². The molecule has 5 nitrogen and oxygen atoms in total. The summed E-state index contributed by atoms with van der Waals surface area (Å²) in [6.07, 6.45) is 0. The van der Waals surface area contributed by atoms with Gasteiger partial charge in [0.25, 0.3) is 0 Å². The molecule has 0 heterocycles. The van der Waals surface area contributed by atoms with E-state index in [1.807, 2.05) is 0 Å². The van der Waals surface area contributed by atoms with E-state index < -0.39 is 25.4 Å². The standard InChI is InChI=1S/C9H9BO5/c11-8(6-15-9(12)10(13)14)7-4-2-1-3-5-7/h1-5,13-14H,6H2. The van der Waals surface area contributed by atoms with E-state index in [0.29, 0.717) is 5.56 Å². The number of benzene rings is 1. The van der Waals surface area contributed by atoms with Crippen molar-refractivity contribution >= 4 is 18.8 Å². The van der Waals surface area contributed by atoms with Crippen molar-refractivity contribution in [2.45, 2.75) is 0 Å². The summed E-state index contributed by atoms with van der Waals surface area (Å²) >= 11 is 0. The Morgan fingerprint density at radius 3 is 2.33 bits per heavy atom. The maximum absolute atomic E-state index is 11.3. The van der Waals surface area contributed by atoms with Crippen molar-refractivity contribution in [1.29, 1.82) is 0 Å². The number of carbonyl (C=O) groups excluding carboxylic acids is 2. The Labute approximate surface area is 86.4 Å². The zero-order valence-corrected chi connectivity index (χ0v) is 7.79. The number of rotatable bonds is 4. The molecular weight excluding hydrogens is 199 g/mol. The summed E-state index contributed by atoms with van der Waals surface area (Å²) in [6.45, 7) is -0.500. The molecule has 0 saturated heterocycles. The van der Waals surface area contributed by atoms with Crippen molar-refractivity contribution in [2.24, 2.45) is 0 Å². The molecule has 0 amide bonds. The first-order valence-electron chi connectivity index (χ1n) is 4.22. The Kier molecular flexibility index (Phi) is 4.02. The molecule has 1 rings (SSSR count). The van der Waals surface area contributed by atoms with Crippen molar-refractivity contribution in [3.8, 4) is 0 Å². The van der Waals surface area contributed by atoms with Crippen LogP contribution in [0.15, 0.2) is 30.3 Å². The van der Waals surface area contributed by atoms with Gasteiger partial charge in [-0.1, -0.05) is 30.3 Å². The number of carbonyl (C=O) groups is 2. The fourth-order valence-electron chi connectivity index (χ4n) is 0.919. The van der Waals surface area contributed by atoms with Crippen molar-refractivity contribution in [2.75, 3.05) is 6.61 Å². The zero-order valence-electron chi connectivity index (χ0n) is 7.79. The molecule has 0 aromatic heterocycles. The highest BCUT2D eigenvalue weighted by Gasteiger charge is 2.22. The van der Waals surface area contributed by atoms with E-state index in [0.717, 1.165) is 0 Å². The zero-order chi connectivity index (χ0) is 11.3. The first-order valence-corrected chi connectivity index (χ1v) is 4.22. The van der Waals surface area contributed by atoms with Crippen LogP contribution in [0.4, 0.5) is 4.79 Å². The molecule has 0 fully saturated rings. The molecule has 15 heavy (non-hydrogen) atoms. The molecule has 2 N–H and O–H groups in total. The van der Waals surface area contributed by atoms with Crippen LogP contribution in [0.3, 0.4) is 0 Å². The number of ketones is 1. The molecule has 0 saturated carbocycles. The van der Waals surface area contributed by atoms with E-state index in [1.165, 1.54) is 0 Å².